The molecule has 1 aromatic rings. The number of carbonyl (C=O) groups is 1. The van der Waals surface area contributed by atoms with Crippen molar-refractivity contribution in [3.8, 4) is 5.75 Å². The third-order valence-electron chi connectivity index (χ3n) is 5.83. The van der Waals surface area contributed by atoms with Crippen molar-refractivity contribution in [2.45, 2.75) is 26.2 Å². The summed E-state index contributed by atoms with van der Waals surface area (Å²) >= 11 is 0. The van der Waals surface area contributed by atoms with Crippen molar-refractivity contribution < 1.29 is 9.53 Å². The lowest BCUT2D eigenvalue weighted by Crippen LogP contribution is -2.50. The van der Waals surface area contributed by atoms with Gasteiger partial charge in [-0.05, 0) is 49.9 Å². The van der Waals surface area contributed by atoms with Crippen LogP contribution in [0.4, 0.5) is 0 Å². The van der Waals surface area contributed by atoms with Gasteiger partial charge in [0.2, 0.25) is 5.91 Å². The highest BCUT2D eigenvalue weighted by molar-refractivity contribution is 5.76. The van der Waals surface area contributed by atoms with Gasteiger partial charge >= 0.3 is 0 Å². The number of piperidine rings is 1. The van der Waals surface area contributed by atoms with Gasteiger partial charge < -0.3 is 15.0 Å². The summed E-state index contributed by atoms with van der Waals surface area (Å²) < 4.78 is 5.78. The third kappa shape index (κ3) is 5.71. The summed E-state index contributed by atoms with van der Waals surface area (Å²) in [6.45, 7) is 9.68. The van der Waals surface area contributed by atoms with Crippen LogP contribution in [0.15, 0.2) is 30.3 Å². The maximum atomic E-state index is 12.6. The van der Waals surface area contributed by atoms with Crippen LogP contribution in [-0.2, 0) is 4.79 Å². The van der Waals surface area contributed by atoms with Gasteiger partial charge in [-0.2, -0.15) is 0 Å². The van der Waals surface area contributed by atoms with E-state index in [1.165, 1.54) is 12.8 Å². The summed E-state index contributed by atoms with van der Waals surface area (Å²) in [5.41, 5.74) is 0. The number of hydrogen-bond donors (Lipinski definition) is 1. The fraction of sp³-hybridized carbons (Fsp3) is 0.667. The van der Waals surface area contributed by atoms with E-state index in [9.17, 15) is 4.79 Å². The number of para-hydroxylation sites is 1. The van der Waals surface area contributed by atoms with Crippen molar-refractivity contribution in [3.05, 3.63) is 30.3 Å². The quantitative estimate of drug-likeness (QED) is 0.811. The number of carbonyl (C=O) groups excluding carboxylic acids is 1. The third-order valence-corrected chi connectivity index (χ3v) is 5.83. The second kappa shape index (κ2) is 9.93. The minimum absolute atomic E-state index is 0.344. The first-order chi connectivity index (χ1) is 12.7. The summed E-state index contributed by atoms with van der Waals surface area (Å²) in [6, 6.07) is 9.95. The van der Waals surface area contributed by atoms with Crippen LogP contribution in [0.2, 0.25) is 0 Å². The molecule has 2 aliphatic rings. The van der Waals surface area contributed by atoms with Gasteiger partial charge in [0, 0.05) is 39.1 Å². The summed E-state index contributed by atoms with van der Waals surface area (Å²) in [5, 5.41) is 3.41. The van der Waals surface area contributed by atoms with E-state index in [4.69, 9.17) is 4.74 Å². The van der Waals surface area contributed by atoms with Crippen molar-refractivity contribution in [1.82, 2.24) is 15.1 Å². The molecule has 1 atom stereocenters. The second-order valence-corrected chi connectivity index (χ2v) is 7.65. The van der Waals surface area contributed by atoms with Gasteiger partial charge in [-0.3, -0.25) is 9.69 Å². The zero-order valence-electron chi connectivity index (χ0n) is 16.0. The lowest BCUT2D eigenvalue weighted by Gasteiger charge is -2.36. The van der Waals surface area contributed by atoms with Crippen LogP contribution >= 0.6 is 0 Å². The highest BCUT2D eigenvalue weighted by Crippen LogP contribution is 2.25. The molecular weight excluding hydrogens is 326 g/mol. The molecule has 0 saturated carbocycles. The number of amides is 1. The standard InChI is InChI=1S/C21H33N3O2/c1-18(19-7-9-22-10-8-19)17-21(25)24-13-11-23(12-14-24)15-16-26-20-5-3-2-4-6-20/h2-6,18-19,22H,7-17H2,1H3. The molecule has 2 fully saturated rings. The smallest absolute Gasteiger partial charge is 0.222 e. The van der Waals surface area contributed by atoms with Gasteiger partial charge in [-0.1, -0.05) is 25.1 Å². The van der Waals surface area contributed by atoms with E-state index in [1.807, 2.05) is 30.3 Å². The normalized spacial score (nSPS) is 20.7. The topological polar surface area (TPSA) is 44.8 Å². The Morgan fingerprint density at radius 3 is 2.54 bits per heavy atom. The highest BCUT2D eigenvalue weighted by Gasteiger charge is 2.26. The molecule has 1 aromatic carbocycles. The molecule has 3 rings (SSSR count). The Morgan fingerprint density at radius 2 is 1.85 bits per heavy atom. The zero-order valence-corrected chi connectivity index (χ0v) is 16.0. The SMILES string of the molecule is CC(CC(=O)N1CCN(CCOc2ccccc2)CC1)C1CCNCC1. The fourth-order valence-corrected chi connectivity index (χ4v) is 4.01. The predicted molar refractivity (Wildman–Crippen MR) is 104 cm³/mol. The molecule has 0 radical (unpaired) electrons. The summed E-state index contributed by atoms with van der Waals surface area (Å²) in [4.78, 5) is 17.1. The number of nitrogens with zero attached hydrogens (tertiary/aromatic N) is 2. The minimum Gasteiger partial charge on any atom is -0.492 e. The van der Waals surface area contributed by atoms with Crippen molar-refractivity contribution in [3.63, 3.8) is 0 Å². The molecule has 1 amide bonds. The number of ether oxygens (including phenoxy) is 1. The Kier molecular flexibility index (Phi) is 7.32. The Bertz CT molecular complexity index is 537. The van der Waals surface area contributed by atoms with Crippen LogP contribution < -0.4 is 10.1 Å². The fourth-order valence-electron chi connectivity index (χ4n) is 4.01. The summed E-state index contributed by atoms with van der Waals surface area (Å²) in [7, 11) is 0. The average molecular weight is 360 g/mol. The molecule has 2 aliphatic heterocycles. The Labute approximate surface area is 157 Å². The first-order valence-corrected chi connectivity index (χ1v) is 10.1. The Hall–Kier alpha value is -1.59. The molecule has 1 N–H and O–H groups in total. The van der Waals surface area contributed by atoms with Crippen LogP contribution in [-0.4, -0.2) is 68.1 Å². The van der Waals surface area contributed by atoms with Crippen LogP contribution in [0.1, 0.15) is 26.2 Å². The van der Waals surface area contributed by atoms with E-state index in [1.54, 1.807) is 0 Å². The van der Waals surface area contributed by atoms with E-state index in [2.05, 4.69) is 22.0 Å². The van der Waals surface area contributed by atoms with Crippen molar-refractivity contribution >= 4 is 5.91 Å². The average Bonchev–Trinajstić information content (AvgIpc) is 2.70. The maximum Gasteiger partial charge on any atom is 0.222 e. The maximum absolute atomic E-state index is 12.6. The van der Waals surface area contributed by atoms with E-state index >= 15 is 0 Å². The predicted octanol–water partition coefficient (Wildman–Crippen LogP) is 2.24. The first kappa shape index (κ1) is 19.2. The second-order valence-electron chi connectivity index (χ2n) is 7.65. The van der Waals surface area contributed by atoms with Crippen molar-refractivity contribution in [2.24, 2.45) is 11.8 Å². The van der Waals surface area contributed by atoms with Crippen LogP contribution in [0, 0.1) is 11.8 Å². The molecule has 0 bridgehead atoms. The number of benzene rings is 1. The molecular formula is C21H33N3O2. The lowest BCUT2D eigenvalue weighted by molar-refractivity contribution is -0.134. The molecule has 0 aromatic heterocycles. The highest BCUT2D eigenvalue weighted by atomic mass is 16.5. The van der Waals surface area contributed by atoms with Crippen molar-refractivity contribution in [1.29, 1.82) is 0 Å². The number of piperazine rings is 1. The van der Waals surface area contributed by atoms with Gasteiger partial charge in [0.05, 0.1) is 0 Å². The number of rotatable bonds is 7. The van der Waals surface area contributed by atoms with E-state index in [0.29, 0.717) is 30.8 Å². The van der Waals surface area contributed by atoms with E-state index in [0.717, 1.165) is 51.6 Å². The molecule has 1 unspecified atom stereocenters. The largest absolute Gasteiger partial charge is 0.492 e. The van der Waals surface area contributed by atoms with Gasteiger partial charge in [0.25, 0.3) is 0 Å². The number of nitrogens with one attached hydrogen (secondary N) is 1. The molecule has 0 spiro atoms. The summed E-state index contributed by atoms with van der Waals surface area (Å²) in [6.07, 6.45) is 3.13. The summed E-state index contributed by atoms with van der Waals surface area (Å²) in [5.74, 6) is 2.47. The number of hydrogen-bond acceptors (Lipinski definition) is 4. The first-order valence-electron chi connectivity index (χ1n) is 10.1. The molecule has 5 nitrogen and oxygen atoms in total. The molecule has 5 heteroatoms. The minimum atomic E-state index is 0.344. The Morgan fingerprint density at radius 1 is 1.15 bits per heavy atom. The van der Waals surface area contributed by atoms with Gasteiger partial charge in [0.1, 0.15) is 12.4 Å². The van der Waals surface area contributed by atoms with Gasteiger partial charge in [-0.15, -0.1) is 0 Å². The van der Waals surface area contributed by atoms with Gasteiger partial charge in [-0.25, -0.2) is 0 Å². The lowest BCUT2D eigenvalue weighted by atomic mass is 9.84. The molecule has 2 heterocycles. The van der Waals surface area contributed by atoms with Crippen LogP contribution in [0.5, 0.6) is 5.75 Å². The van der Waals surface area contributed by atoms with Crippen molar-refractivity contribution in [2.75, 3.05) is 52.4 Å². The van der Waals surface area contributed by atoms with E-state index in [-0.39, 0.29) is 0 Å². The van der Waals surface area contributed by atoms with Crippen LogP contribution in [0.3, 0.4) is 0 Å². The monoisotopic (exact) mass is 359 g/mol. The van der Waals surface area contributed by atoms with E-state index < -0.39 is 0 Å². The van der Waals surface area contributed by atoms with Gasteiger partial charge in [0.15, 0.2) is 0 Å². The molecule has 2 saturated heterocycles. The molecule has 0 aliphatic carbocycles. The zero-order chi connectivity index (χ0) is 18.2. The van der Waals surface area contributed by atoms with Crippen LogP contribution in [0.25, 0.3) is 0 Å². The molecule has 144 valence electrons. The Balaban J connectivity index is 1.33. The molecule has 26 heavy (non-hydrogen) atoms.